The van der Waals surface area contributed by atoms with Gasteiger partial charge in [0, 0.05) is 31.1 Å². The Bertz CT molecular complexity index is 295. The summed E-state index contributed by atoms with van der Waals surface area (Å²) < 4.78 is 0. The summed E-state index contributed by atoms with van der Waals surface area (Å²) in [6.07, 6.45) is 5.77. The molecule has 1 aliphatic carbocycles. The lowest BCUT2D eigenvalue weighted by molar-refractivity contribution is -0.144. The molecule has 0 spiro atoms. The highest BCUT2D eigenvalue weighted by atomic mass is 16.2. The zero-order valence-electron chi connectivity index (χ0n) is 12.2. The fraction of sp³-hybridized carbons (Fsp3) is 0.933. The van der Waals surface area contributed by atoms with Crippen LogP contribution in [0.4, 0.5) is 0 Å². The number of nitrogens with zero attached hydrogens (tertiary/aromatic N) is 1. The molecule has 3 nitrogen and oxygen atoms in total. The van der Waals surface area contributed by atoms with Crippen LogP contribution < -0.4 is 5.32 Å². The predicted octanol–water partition coefficient (Wildman–Crippen LogP) is 2.41. The molecule has 1 heterocycles. The van der Waals surface area contributed by atoms with Crippen molar-refractivity contribution < 1.29 is 4.79 Å². The van der Waals surface area contributed by atoms with E-state index < -0.39 is 0 Å². The van der Waals surface area contributed by atoms with Crippen molar-refractivity contribution >= 4 is 5.91 Å². The molecular formula is C15H28N2O. The molecule has 0 aromatic heterocycles. The summed E-state index contributed by atoms with van der Waals surface area (Å²) in [4.78, 5) is 15.0. The molecule has 0 unspecified atom stereocenters. The van der Waals surface area contributed by atoms with Crippen molar-refractivity contribution in [3.8, 4) is 0 Å². The largest absolute Gasteiger partial charge is 0.339 e. The Balaban J connectivity index is 2.08. The fourth-order valence-electron chi connectivity index (χ4n) is 3.79. The summed E-state index contributed by atoms with van der Waals surface area (Å²) in [6, 6.07) is 0.445. The molecule has 18 heavy (non-hydrogen) atoms. The van der Waals surface area contributed by atoms with Gasteiger partial charge in [0.1, 0.15) is 0 Å². The van der Waals surface area contributed by atoms with Crippen LogP contribution in [0.15, 0.2) is 0 Å². The van der Waals surface area contributed by atoms with Gasteiger partial charge in [-0.05, 0) is 32.1 Å². The Hall–Kier alpha value is -0.570. The number of carbonyl (C=O) groups excluding carboxylic acids is 1. The molecule has 104 valence electrons. The molecule has 3 heteroatoms. The second-order valence-electron chi connectivity index (χ2n) is 6.69. The number of hydrogen-bond acceptors (Lipinski definition) is 2. The Morgan fingerprint density at radius 2 is 2.06 bits per heavy atom. The van der Waals surface area contributed by atoms with E-state index in [0.29, 0.717) is 17.9 Å². The van der Waals surface area contributed by atoms with Gasteiger partial charge in [-0.1, -0.05) is 26.7 Å². The molecule has 1 saturated heterocycles. The Morgan fingerprint density at radius 1 is 1.39 bits per heavy atom. The van der Waals surface area contributed by atoms with Crippen LogP contribution in [-0.4, -0.2) is 36.5 Å². The van der Waals surface area contributed by atoms with Crippen LogP contribution in [0.3, 0.4) is 0 Å². The summed E-state index contributed by atoms with van der Waals surface area (Å²) in [5.41, 5.74) is -0.0226. The summed E-state index contributed by atoms with van der Waals surface area (Å²) in [6.45, 7) is 9.39. The monoisotopic (exact) mass is 252 g/mol. The summed E-state index contributed by atoms with van der Waals surface area (Å²) >= 11 is 0. The van der Waals surface area contributed by atoms with Crippen LogP contribution in [0.1, 0.15) is 52.9 Å². The van der Waals surface area contributed by atoms with Gasteiger partial charge in [0.25, 0.3) is 0 Å². The van der Waals surface area contributed by atoms with Gasteiger partial charge in [-0.3, -0.25) is 4.79 Å². The van der Waals surface area contributed by atoms with Gasteiger partial charge in [0.2, 0.25) is 5.91 Å². The van der Waals surface area contributed by atoms with Crippen LogP contribution >= 0.6 is 0 Å². The van der Waals surface area contributed by atoms with Gasteiger partial charge in [-0.25, -0.2) is 0 Å². The Morgan fingerprint density at radius 3 is 2.61 bits per heavy atom. The molecule has 2 fully saturated rings. The minimum atomic E-state index is -0.0226. The zero-order valence-corrected chi connectivity index (χ0v) is 12.2. The van der Waals surface area contributed by atoms with E-state index in [1.54, 1.807) is 0 Å². The van der Waals surface area contributed by atoms with Crippen molar-refractivity contribution in [1.82, 2.24) is 10.2 Å². The maximum atomic E-state index is 12.9. The van der Waals surface area contributed by atoms with Crippen LogP contribution in [0.2, 0.25) is 0 Å². The first-order valence-electron chi connectivity index (χ1n) is 7.56. The SMILES string of the molecule is CC(C)CC1(C(=O)N2CCN[C@@H](C)C2)CCCC1. The van der Waals surface area contributed by atoms with Gasteiger partial charge >= 0.3 is 0 Å². The molecule has 0 radical (unpaired) electrons. The number of amides is 1. The van der Waals surface area contributed by atoms with E-state index in [-0.39, 0.29) is 5.41 Å². The molecule has 1 aliphatic heterocycles. The molecule has 1 saturated carbocycles. The van der Waals surface area contributed by atoms with E-state index >= 15 is 0 Å². The van der Waals surface area contributed by atoms with Crippen LogP contribution in [-0.2, 0) is 4.79 Å². The number of piperazine rings is 1. The second kappa shape index (κ2) is 5.60. The Kier molecular flexibility index (Phi) is 4.31. The lowest BCUT2D eigenvalue weighted by Gasteiger charge is -2.39. The highest BCUT2D eigenvalue weighted by Crippen LogP contribution is 2.44. The smallest absolute Gasteiger partial charge is 0.228 e. The third kappa shape index (κ3) is 2.87. The van der Waals surface area contributed by atoms with E-state index in [1.807, 2.05) is 0 Å². The van der Waals surface area contributed by atoms with Gasteiger partial charge in [-0.15, -0.1) is 0 Å². The maximum Gasteiger partial charge on any atom is 0.228 e. The fourth-order valence-corrected chi connectivity index (χ4v) is 3.79. The van der Waals surface area contributed by atoms with Crippen LogP contribution in [0.5, 0.6) is 0 Å². The van der Waals surface area contributed by atoms with E-state index in [2.05, 4.69) is 31.0 Å². The summed E-state index contributed by atoms with van der Waals surface area (Å²) in [5, 5.41) is 3.42. The molecule has 0 bridgehead atoms. The highest BCUT2D eigenvalue weighted by Gasteiger charge is 2.44. The highest BCUT2D eigenvalue weighted by molar-refractivity contribution is 5.83. The summed E-state index contributed by atoms with van der Waals surface area (Å²) in [7, 11) is 0. The van der Waals surface area contributed by atoms with Crippen molar-refractivity contribution in [1.29, 1.82) is 0 Å². The zero-order chi connectivity index (χ0) is 13.2. The lowest BCUT2D eigenvalue weighted by Crippen LogP contribution is -2.55. The van der Waals surface area contributed by atoms with Crippen LogP contribution in [0, 0.1) is 11.3 Å². The van der Waals surface area contributed by atoms with E-state index in [9.17, 15) is 4.79 Å². The minimum absolute atomic E-state index is 0.0226. The molecule has 0 aromatic rings. The summed E-state index contributed by atoms with van der Waals surface area (Å²) in [5.74, 6) is 1.06. The number of rotatable bonds is 3. The average Bonchev–Trinajstić information content (AvgIpc) is 2.77. The molecule has 0 aromatic carbocycles. The van der Waals surface area contributed by atoms with Gasteiger partial charge < -0.3 is 10.2 Å². The number of carbonyl (C=O) groups is 1. The van der Waals surface area contributed by atoms with Gasteiger partial charge in [0.05, 0.1) is 0 Å². The van der Waals surface area contributed by atoms with Crippen molar-refractivity contribution in [3.05, 3.63) is 0 Å². The van der Waals surface area contributed by atoms with Gasteiger partial charge in [-0.2, -0.15) is 0 Å². The maximum absolute atomic E-state index is 12.9. The topological polar surface area (TPSA) is 32.3 Å². The predicted molar refractivity (Wildman–Crippen MR) is 74.4 cm³/mol. The van der Waals surface area contributed by atoms with Gasteiger partial charge in [0.15, 0.2) is 0 Å². The molecular weight excluding hydrogens is 224 g/mol. The molecule has 1 amide bonds. The first-order valence-corrected chi connectivity index (χ1v) is 7.56. The van der Waals surface area contributed by atoms with Crippen LogP contribution in [0.25, 0.3) is 0 Å². The van der Waals surface area contributed by atoms with Crippen molar-refractivity contribution in [2.45, 2.75) is 58.9 Å². The molecule has 1 N–H and O–H groups in total. The van der Waals surface area contributed by atoms with E-state index in [1.165, 1.54) is 12.8 Å². The quantitative estimate of drug-likeness (QED) is 0.836. The number of hydrogen-bond donors (Lipinski definition) is 1. The first-order chi connectivity index (χ1) is 8.53. The van der Waals surface area contributed by atoms with Crippen molar-refractivity contribution in [3.63, 3.8) is 0 Å². The number of nitrogens with one attached hydrogen (secondary N) is 1. The third-order valence-corrected chi connectivity index (χ3v) is 4.47. The Labute approximate surface area is 111 Å². The van der Waals surface area contributed by atoms with Crippen molar-refractivity contribution in [2.24, 2.45) is 11.3 Å². The van der Waals surface area contributed by atoms with Crippen molar-refractivity contribution in [2.75, 3.05) is 19.6 Å². The average molecular weight is 252 g/mol. The molecule has 2 rings (SSSR count). The van der Waals surface area contributed by atoms with E-state index in [0.717, 1.165) is 38.9 Å². The standard InChI is InChI=1S/C15H28N2O/c1-12(2)10-15(6-4-5-7-15)14(18)17-9-8-16-13(3)11-17/h12-13,16H,4-11H2,1-3H3/t13-/m0/s1. The molecule has 2 aliphatic rings. The first kappa shape index (κ1) is 13.9. The molecule has 1 atom stereocenters. The second-order valence-corrected chi connectivity index (χ2v) is 6.69. The minimum Gasteiger partial charge on any atom is -0.339 e. The third-order valence-electron chi connectivity index (χ3n) is 4.47. The van der Waals surface area contributed by atoms with E-state index in [4.69, 9.17) is 0 Å². The lowest BCUT2D eigenvalue weighted by atomic mass is 9.77. The normalized spacial score (nSPS) is 27.8.